The van der Waals surface area contributed by atoms with Gasteiger partial charge in [0, 0.05) is 17.9 Å². The van der Waals surface area contributed by atoms with Crippen molar-refractivity contribution in [1.82, 2.24) is 4.90 Å². The molecule has 90 valence electrons. The number of hydrogen-bond acceptors (Lipinski definition) is 2. The van der Waals surface area contributed by atoms with Gasteiger partial charge in [-0.15, -0.1) is 0 Å². The van der Waals surface area contributed by atoms with Gasteiger partial charge >= 0.3 is 0 Å². The van der Waals surface area contributed by atoms with E-state index in [-0.39, 0.29) is 11.5 Å². The molecular formula is C12H24BrNO. The number of halogens is 1. The number of hydrogen-bond donors (Lipinski definition) is 1. The Labute approximate surface area is 102 Å². The van der Waals surface area contributed by atoms with Crippen molar-refractivity contribution in [1.29, 1.82) is 0 Å². The summed E-state index contributed by atoms with van der Waals surface area (Å²) in [7, 11) is 2.14. The lowest BCUT2D eigenvalue weighted by Gasteiger charge is -2.39. The SMILES string of the molecule is CN(CC(C)(C)CBr)C1CCCCC1O. The third-order valence-electron chi connectivity index (χ3n) is 3.30. The van der Waals surface area contributed by atoms with Gasteiger partial charge in [-0.3, -0.25) is 0 Å². The van der Waals surface area contributed by atoms with Crippen LogP contribution in [0, 0.1) is 5.41 Å². The molecule has 1 N–H and O–H groups in total. The van der Waals surface area contributed by atoms with E-state index in [0.717, 1.165) is 24.7 Å². The quantitative estimate of drug-likeness (QED) is 0.799. The van der Waals surface area contributed by atoms with Gasteiger partial charge in [-0.1, -0.05) is 42.6 Å². The predicted molar refractivity (Wildman–Crippen MR) is 68.5 cm³/mol. The van der Waals surface area contributed by atoms with Crippen LogP contribution in [0.3, 0.4) is 0 Å². The fraction of sp³-hybridized carbons (Fsp3) is 1.00. The summed E-state index contributed by atoms with van der Waals surface area (Å²) in [6.45, 7) is 5.56. The first kappa shape index (κ1) is 13.5. The molecule has 1 aliphatic rings. The number of likely N-dealkylation sites (N-methyl/N-ethyl adjacent to an activating group) is 1. The zero-order valence-electron chi connectivity index (χ0n) is 10.2. The summed E-state index contributed by atoms with van der Waals surface area (Å²) in [4.78, 5) is 2.34. The lowest BCUT2D eigenvalue weighted by molar-refractivity contribution is 0.0199. The molecule has 0 aromatic carbocycles. The lowest BCUT2D eigenvalue weighted by Crippen LogP contribution is -2.47. The first-order valence-electron chi connectivity index (χ1n) is 5.90. The molecule has 15 heavy (non-hydrogen) atoms. The van der Waals surface area contributed by atoms with Crippen molar-refractivity contribution >= 4 is 15.9 Å². The van der Waals surface area contributed by atoms with E-state index in [4.69, 9.17) is 0 Å². The minimum absolute atomic E-state index is 0.116. The van der Waals surface area contributed by atoms with Crippen LogP contribution in [0.25, 0.3) is 0 Å². The van der Waals surface area contributed by atoms with Gasteiger partial charge in [0.1, 0.15) is 0 Å². The average Bonchev–Trinajstić information content (AvgIpc) is 2.17. The van der Waals surface area contributed by atoms with Crippen LogP contribution in [0.15, 0.2) is 0 Å². The number of rotatable bonds is 4. The topological polar surface area (TPSA) is 23.5 Å². The second kappa shape index (κ2) is 5.65. The molecule has 0 bridgehead atoms. The molecule has 0 heterocycles. The fourth-order valence-electron chi connectivity index (χ4n) is 2.44. The second-order valence-electron chi connectivity index (χ2n) is 5.63. The Hall–Kier alpha value is 0.400. The summed E-state index contributed by atoms with van der Waals surface area (Å²) < 4.78 is 0. The van der Waals surface area contributed by atoms with E-state index in [0.29, 0.717) is 6.04 Å². The Kier molecular flexibility index (Phi) is 5.07. The third-order valence-corrected chi connectivity index (χ3v) is 4.82. The maximum Gasteiger partial charge on any atom is 0.0695 e. The number of alkyl halides is 1. The summed E-state index contributed by atoms with van der Waals surface area (Å²) in [5.74, 6) is 0. The van der Waals surface area contributed by atoms with Crippen molar-refractivity contribution < 1.29 is 5.11 Å². The Morgan fingerprint density at radius 1 is 1.33 bits per heavy atom. The molecule has 0 radical (unpaired) electrons. The summed E-state index contributed by atoms with van der Waals surface area (Å²) in [6.07, 6.45) is 4.46. The van der Waals surface area contributed by atoms with Crippen LogP contribution in [-0.4, -0.2) is 41.1 Å². The monoisotopic (exact) mass is 277 g/mol. The highest BCUT2D eigenvalue weighted by Gasteiger charge is 2.29. The Morgan fingerprint density at radius 3 is 2.47 bits per heavy atom. The molecule has 0 amide bonds. The van der Waals surface area contributed by atoms with Crippen LogP contribution in [0.2, 0.25) is 0 Å². The summed E-state index contributed by atoms with van der Waals surface area (Å²) in [5.41, 5.74) is 0.284. The van der Waals surface area contributed by atoms with Crippen molar-refractivity contribution in [3.8, 4) is 0 Å². The number of nitrogens with zero attached hydrogens (tertiary/aromatic N) is 1. The van der Waals surface area contributed by atoms with Crippen LogP contribution in [0.1, 0.15) is 39.5 Å². The maximum atomic E-state index is 9.96. The van der Waals surface area contributed by atoms with Gasteiger partial charge in [-0.05, 0) is 25.3 Å². The van der Waals surface area contributed by atoms with Crippen molar-refractivity contribution in [2.24, 2.45) is 5.41 Å². The molecule has 1 aliphatic carbocycles. The van der Waals surface area contributed by atoms with E-state index in [1.165, 1.54) is 12.8 Å². The van der Waals surface area contributed by atoms with E-state index in [2.05, 4.69) is 41.7 Å². The van der Waals surface area contributed by atoms with Crippen LogP contribution in [-0.2, 0) is 0 Å². The number of aliphatic hydroxyl groups is 1. The van der Waals surface area contributed by atoms with Gasteiger partial charge in [-0.2, -0.15) is 0 Å². The van der Waals surface area contributed by atoms with E-state index < -0.39 is 0 Å². The summed E-state index contributed by atoms with van der Waals surface area (Å²) in [5, 5.41) is 11.0. The number of aliphatic hydroxyl groups excluding tert-OH is 1. The molecule has 0 spiro atoms. The van der Waals surface area contributed by atoms with Crippen molar-refractivity contribution in [2.45, 2.75) is 51.7 Å². The molecule has 3 heteroatoms. The predicted octanol–water partition coefficient (Wildman–Crippen LogP) is 2.64. The minimum Gasteiger partial charge on any atom is -0.391 e. The molecule has 0 aromatic rings. The Bertz CT molecular complexity index is 196. The van der Waals surface area contributed by atoms with Gasteiger partial charge in [0.2, 0.25) is 0 Å². The molecule has 1 rings (SSSR count). The van der Waals surface area contributed by atoms with Crippen LogP contribution < -0.4 is 0 Å². The van der Waals surface area contributed by atoms with E-state index in [1.807, 2.05) is 0 Å². The highest BCUT2D eigenvalue weighted by atomic mass is 79.9. The first-order chi connectivity index (χ1) is 6.96. The molecule has 1 saturated carbocycles. The van der Waals surface area contributed by atoms with Crippen LogP contribution >= 0.6 is 15.9 Å². The van der Waals surface area contributed by atoms with E-state index in [1.54, 1.807) is 0 Å². The molecular weight excluding hydrogens is 254 g/mol. The van der Waals surface area contributed by atoms with Gasteiger partial charge in [0.15, 0.2) is 0 Å². The van der Waals surface area contributed by atoms with Crippen molar-refractivity contribution in [3.63, 3.8) is 0 Å². The zero-order valence-corrected chi connectivity index (χ0v) is 11.8. The molecule has 0 aromatic heterocycles. The zero-order chi connectivity index (χ0) is 11.5. The van der Waals surface area contributed by atoms with Gasteiger partial charge in [0.05, 0.1) is 6.10 Å². The van der Waals surface area contributed by atoms with Crippen LogP contribution in [0.4, 0.5) is 0 Å². The minimum atomic E-state index is -0.116. The van der Waals surface area contributed by atoms with Gasteiger partial charge in [-0.25, -0.2) is 0 Å². The lowest BCUT2D eigenvalue weighted by atomic mass is 9.89. The fourth-order valence-corrected chi connectivity index (χ4v) is 2.62. The van der Waals surface area contributed by atoms with Crippen molar-refractivity contribution in [3.05, 3.63) is 0 Å². The maximum absolute atomic E-state index is 9.96. The van der Waals surface area contributed by atoms with Gasteiger partial charge in [0.25, 0.3) is 0 Å². The van der Waals surface area contributed by atoms with Crippen molar-refractivity contribution in [2.75, 3.05) is 18.9 Å². The molecule has 0 saturated heterocycles. The van der Waals surface area contributed by atoms with Gasteiger partial charge < -0.3 is 10.0 Å². The highest BCUT2D eigenvalue weighted by molar-refractivity contribution is 9.09. The third kappa shape index (κ3) is 4.04. The van der Waals surface area contributed by atoms with Crippen LogP contribution in [0.5, 0.6) is 0 Å². The smallest absolute Gasteiger partial charge is 0.0695 e. The highest BCUT2D eigenvalue weighted by Crippen LogP contribution is 2.26. The summed E-state index contributed by atoms with van der Waals surface area (Å²) in [6, 6.07) is 0.372. The largest absolute Gasteiger partial charge is 0.391 e. The molecule has 2 unspecified atom stereocenters. The first-order valence-corrected chi connectivity index (χ1v) is 7.03. The molecule has 2 nitrogen and oxygen atoms in total. The molecule has 0 aliphatic heterocycles. The van der Waals surface area contributed by atoms with E-state index >= 15 is 0 Å². The summed E-state index contributed by atoms with van der Waals surface area (Å²) >= 11 is 3.55. The Balaban J connectivity index is 2.48. The molecule has 2 atom stereocenters. The second-order valence-corrected chi connectivity index (χ2v) is 6.19. The van der Waals surface area contributed by atoms with E-state index in [9.17, 15) is 5.11 Å². The normalized spacial score (nSPS) is 28.4. The standard InChI is InChI=1S/C12H24BrNO/c1-12(2,8-13)9-14(3)10-6-4-5-7-11(10)15/h10-11,15H,4-9H2,1-3H3. The molecule has 1 fully saturated rings. The average molecular weight is 278 g/mol. The Morgan fingerprint density at radius 2 is 1.93 bits per heavy atom.